The zero-order valence-electron chi connectivity index (χ0n) is 12.8. The number of nitrogens with zero attached hydrogens (tertiary/aromatic N) is 2. The average molecular weight is 275 g/mol. The van der Waals surface area contributed by atoms with E-state index in [1.54, 1.807) is 0 Å². The molecule has 0 amide bonds. The van der Waals surface area contributed by atoms with E-state index >= 15 is 0 Å². The number of nitrogens with one attached hydrogen (secondary N) is 1. The number of imidazole rings is 1. The van der Waals surface area contributed by atoms with E-state index in [-0.39, 0.29) is 18.7 Å². The molecule has 0 bridgehead atoms. The fraction of sp³-hybridized carbons (Fsp3) is 0.562. The summed E-state index contributed by atoms with van der Waals surface area (Å²) in [4.78, 5) is 4.70. The topological polar surface area (TPSA) is 50.1 Å². The number of benzene rings is 1. The Labute approximate surface area is 120 Å². The molecule has 0 aliphatic rings. The van der Waals surface area contributed by atoms with Crippen LogP contribution in [0.4, 0.5) is 0 Å². The molecule has 0 aliphatic carbocycles. The van der Waals surface area contributed by atoms with Gasteiger partial charge in [0.15, 0.2) is 0 Å². The highest BCUT2D eigenvalue weighted by Crippen LogP contribution is 2.20. The summed E-state index contributed by atoms with van der Waals surface area (Å²) in [6.07, 6.45) is 0.963. The molecular weight excluding hydrogens is 250 g/mol. The van der Waals surface area contributed by atoms with Gasteiger partial charge in [-0.3, -0.25) is 0 Å². The Kier molecular flexibility index (Phi) is 4.78. The Morgan fingerprint density at radius 2 is 1.95 bits per heavy atom. The van der Waals surface area contributed by atoms with Crippen molar-refractivity contribution >= 4 is 11.0 Å². The first-order valence-corrected chi connectivity index (χ1v) is 7.31. The summed E-state index contributed by atoms with van der Waals surface area (Å²) >= 11 is 0. The van der Waals surface area contributed by atoms with Gasteiger partial charge in [0, 0.05) is 13.1 Å². The zero-order chi connectivity index (χ0) is 14.7. The molecule has 20 heavy (non-hydrogen) atoms. The predicted molar refractivity (Wildman–Crippen MR) is 82.6 cm³/mol. The van der Waals surface area contributed by atoms with Crippen LogP contribution < -0.4 is 5.32 Å². The van der Waals surface area contributed by atoms with Gasteiger partial charge in [0.25, 0.3) is 0 Å². The fourth-order valence-corrected chi connectivity index (χ4v) is 2.74. The fourth-order valence-electron chi connectivity index (χ4n) is 2.74. The molecule has 110 valence electrons. The lowest BCUT2D eigenvalue weighted by Gasteiger charge is -2.23. The Morgan fingerprint density at radius 3 is 2.55 bits per heavy atom. The Balaban J connectivity index is 2.18. The Bertz CT molecular complexity index is 562. The first-order chi connectivity index (χ1) is 9.52. The van der Waals surface area contributed by atoms with Gasteiger partial charge in [0.1, 0.15) is 5.82 Å². The molecule has 0 radical (unpaired) electrons. The monoisotopic (exact) mass is 275 g/mol. The third-order valence-corrected chi connectivity index (χ3v) is 3.67. The summed E-state index contributed by atoms with van der Waals surface area (Å²) < 4.78 is 2.12. The minimum atomic E-state index is 0.114. The van der Waals surface area contributed by atoms with Gasteiger partial charge in [-0.05, 0) is 31.4 Å². The number of hydrogen-bond acceptors (Lipinski definition) is 3. The van der Waals surface area contributed by atoms with Crippen molar-refractivity contribution in [2.75, 3.05) is 6.61 Å². The second-order valence-corrected chi connectivity index (χ2v) is 5.92. The molecule has 1 aromatic carbocycles. The number of aliphatic hydroxyl groups excluding tert-OH is 1. The minimum absolute atomic E-state index is 0.114. The number of rotatable bonds is 6. The molecule has 1 heterocycles. The van der Waals surface area contributed by atoms with E-state index in [4.69, 9.17) is 4.98 Å². The van der Waals surface area contributed by atoms with Crippen LogP contribution in [0.5, 0.6) is 0 Å². The van der Waals surface area contributed by atoms with Gasteiger partial charge in [-0.15, -0.1) is 0 Å². The number of aryl methyl sites for hydroxylation is 1. The summed E-state index contributed by atoms with van der Waals surface area (Å²) in [6, 6.07) is 8.38. The van der Waals surface area contributed by atoms with Gasteiger partial charge >= 0.3 is 0 Å². The van der Waals surface area contributed by atoms with Crippen LogP contribution >= 0.6 is 0 Å². The number of para-hydroxylation sites is 2. The maximum atomic E-state index is 9.49. The van der Waals surface area contributed by atoms with E-state index in [9.17, 15) is 5.11 Å². The zero-order valence-corrected chi connectivity index (χ0v) is 12.8. The lowest BCUT2D eigenvalue weighted by Crippen LogP contribution is -2.36. The molecule has 2 N–H and O–H groups in total. The Morgan fingerprint density at radius 1 is 1.25 bits per heavy atom. The molecule has 0 saturated carbocycles. The summed E-state index contributed by atoms with van der Waals surface area (Å²) in [7, 11) is 2.04. The molecule has 4 heteroatoms. The smallest absolute Gasteiger partial charge is 0.126 e. The number of aromatic nitrogens is 2. The number of fused-ring (bicyclic) bond motifs is 1. The molecule has 2 atom stereocenters. The lowest BCUT2D eigenvalue weighted by molar-refractivity contribution is 0.213. The van der Waals surface area contributed by atoms with Gasteiger partial charge in [-0.2, -0.15) is 0 Å². The first-order valence-electron chi connectivity index (χ1n) is 7.31. The van der Waals surface area contributed by atoms with Crippen LogP contribution in [0.2, 0.25) is 0 Å². The van der Waals surface area contributed by atoms with Gasteiger partial charge < -0.3 is 15.0 Å². The average Bonchev–Trinajstić information content (AvgIpc) is 2.75. The van der Waals surface area contributed by atoms with Crippen molar-refractivity contribution in [2.45, 2.75) is 39.3 Å². The van der Waals surface area contributed by atoms with Crippen molar-refractivity contribution in [2.24, 2.45) is 13.0 Å². The van der Waals surface area contributed by atoms with Gasteiger partial charge in [-0.1, -0.05) is 26.0 Å². The quantitative estimate of drug-likeness (QED) is 0.852. The van der Waals surface area contributed by atoms with E-state index in [0.717, 1.165) is 23.3 Å². The minimum Gasteiger partial charge on any atom is -0.395 e. The highest BCUT2D eigenvalue weighted by atomic mass is 16.3. The van der Waals surface area contributed by atoms with Crippen LogP contribution in [-0.4, -0.2) is 27.3 Å². The molecule has 0 fully saturated rings. The molecule has 2 rings (SSSR count). The summed E-state index contributed by atoms with van der Waals surface area (Å²) in [6.45, 7) is 6.60. The maximum absolute atomic E-state index is 9.49. The van der Waals surface area contributed by atoms with E-state index in [0.29, 0.717) is 5.92 Å². The van der Waals surface area contributed by atoms with Gasteiger partial charge in [0.05, 0.1) is 23.7 Å². The molecule has 0 spiro atoms. The highest BCUT2D eigenvalue weighted by Gasteiger charge is 2.18. The number of aliphatic hydroxyl groups is 1. The first kappa shape index (κ1) is 15.0. The molecule has 2 aromatic rings. The third kappa shape index (κ3) is 3.19. The Hall–Kier alpha value is -1.39. The summed E-state index contributed by atoms with van der Waals surface area (Å²) in [5.74, 6) is 1.57. The van der Waals surface area contributed by atoms with Crippen LogP contribution in [0.1, 0.15) is 39.1 Å². The van der Waals surface area contributed by atoms with Crippen molar-refractivity contribution < 1.29 is 5.11 Å². The molecule has 2 unspecified atom stereocenters. The lowest BCUT2D eigenvalue weighted by atomic mass is 10.0. The van der Waals surface area contributed by atoms with Gasteiger partial charge in [0.2, 0.25) is 0 Å². The second-order valence-electron chi connectivity index (χ2n) is 5.92. The van der Waals surface area contributed by atoms with Crippen molar-refractivity contribution in [1.82, 2.24) is 14.9 Å². The standard InChI is InChI=1S/C16H25N3O/c1-11(2)9-13(10-20)17-12(3)16-18-14-7-5-6-8-15(14)19(16)4/h5-8,11-13,17,20H,9-10H2,1-4H3. The highest BCUT2D eigenvalue weighted by molar-refractivity contribution is 5.75. The molecule has 0 saturated heterocycles. The SMILES string of the molecule is CC(C)CC(CO)NC(C)c1nc2ccccc2n1C. The molecule has 1 aromatic heterocycles. The third-order valence-electron chi connectivity index (χ3n) is 3.67. The van der Waals surface area contributed by atoms with Crippen molar-refractivity contribution in [3.05, 3.63) is 30.1 Å². The van der Waals surface area contributed by atoms with E-state index in [1.165, 1.54) is 0 Å². The molecular formula is C16H25N3O. The maximum Gasteiger partial charge on any atom is 0.126 e. The van der Waals surface area contributed by atoms with Crippen LogP contribution in [0.15, 0.2) is 24.3 Å². The van der Waals surface area contributed by atoms with Crippen LogP contribution in [0.3, 0.4) is 0 Å². The predicted octanol–water partition coefficient (Wildman–Crippen LogP) is 2.63. The van der Waals surface area contributed by atoms with Crippen molar-refractivity contribution in [3.8, 4) is 0 Å². The van der Waals surface area contributed by atoms with Crippen molar-refractivity contribution in [3.63, 3.8) is 0 Å². The van der Waals surface area contributed by atoms with E-state index in [2.05, 4.69) is 36.7 Å². The van der Waals surface area contributed by atoms with Gasteiger partial charge in [-0.25, -0.2) is 4.98 Å². The van der Waals surface area contributed by atoms with E-state index < -0.39 is 0 Å². The summed E-state index contributed by atoms with van der Waals surface area (Å²) in [5, 5.41) is 13.0. The molecule has 0 aliphatic heterocycles. The second kappa shape index (κ2) is 6.37. The summed E-state index contributed by atoms with van der Waals surface area (Å²) in [5.41, 5.74) is 2.16. The van der Waals surface area contributed by atoms with E-state index in [1.807, 2.05) is 25.2 Å². The van der Waals surface area contributed by atoms with Crippen LogP contribution in [-0.2, 0) is 7.05 Å². The molecule has 4 nitrogen and oxygen atoms in total. The van der Waals surface area contributed by atoms with Crippen LogP contribution in [0, 0.1) is 5.92 Å². The number of hydrogen-bond donors (Lipinski definition) is 2. The normalized spacial score (nSPS) is 14.9. The van der Waals surface area contributed by atoms with Crippen molar-refractivity contribution in [1.29, 1.82) is 0 Å². The largest absolute Gasteiger partial charge is 0.395 e. The van der Waals surface area contributed by atoms with Crippen LogP contribution in [0.25, 0.3) is 11.0 Å².